The zero-order valence-electron chi connectivity index (χ0n) is 35.6. The largest absolute Gasteiger partial charge is 0.391 e. The zero-order chi connectivity index (χ0) is 45.1. The Morgan fingerprint density at radius 1 is 0.594 bits per heavy atom. The van der Waals surface area contributed by atoms with Crippen LogP contribution in [-0.2, 0) is 9.59 Å². The smallest absolute Gasteiger partial charge is 0.315 e. The van der Waals surface area contributed by atoms with E-state index in [2.05, 4.69) is 19.9 Å². The number of nitrogens with zero attached hydrogens (tertiary/aromatic N) is 6. The number of hydrogen-bond donors (Lipinski definition) is 6. The Morgan fingerprint density at radius 2 is 0.938 bits per heavy atom. The molecule has 0 spiro atoms. The molecule has 0 bridgehead atoms. The maximum absolute atomic E-state index is 14.2. The molecule has 2 fully saturated rings. The van der Waals surface area contributed by atoms with Gasteiger partial charge in [-0.1, -0.05) is 109 Å². The first kappa shape index (κ1) is 43.4. The summed E-state index contributed by atoms with van der Waals surface area (Å²) in [4.78, 5) is 75.3. The van der Waals surface area contributed by atoms with Crippen molar-refractivity contribution in [1.29, 1.82) is 0 Å². The molecule has 6 aromatic rings. The highest BCUT2D eigenvalue weighted by Crippen LogP contribution is 2.38. The first-order valence-corrected chi connectivity index (χ1v) is 21.5. The number of carbonyl (C=O) groups excluding carboxylic acids is 4. The summed E-state index contributed by atoms with van der Waals surface area (Å²) in [6.45, 7) is 4.17. The van der Waals surface area contributed by atoms with E-state index in [-0.39, 0.29) is 50.8 Å². The monoisotopic (exact) mass is 864 g/mol. The molecule has 8 N–H and O–H groups in total. The van der Waals surface area contributed by atoms with E-state index in [0.717, 1.165) is 33.6 Å². The van der Waals surface area contributed by atoms with Crippen LogP contribution in [0.1, 0.15) is 73.6 Å². The van der Waals surface area contributed by atoms with Gasteiger partial charge in [-0.3, -0.25) is 9.59 Å². The van der Waals surface area contributed by atoms with Crippen molar-refractivity contribution in [3.8, 4) is 33.6 Å². The van der Waals surface area contributed by atoms with Crippen molar-refractivity contribution in [2.45, 2.75) is 63.1 Å². The number of carbonyl (C=O) groups is 4. The number of aliphatic hydroxyl groups is 2. The number of β-amino-alcohol motifs (C(OH)–C–C–N with tert-alkyl or cyclic N) is 2. The zero-order valence-corrected chi connectivity index (χ0v) is 35.6. The number of aliphatic hydroxyl groups excluding tert-OH is 2. The van der Waals surface area contributed by atoms with E-state index in [9.17, 15) is 29.4 Å². The van der Waals surface area contributed by atoms with Gasteiger partial charge in [0.05, 0.1) is 48.1 Å². The molecule has 6 amide bonds. The fourth-order valence-electron chi connectivity index (χ4n) is 9.05. The fourth-order valence-corrected chi connectivity index (χ4v) is 9.05. The van der Waals surface area contributed by atoms with Gasteiger partial charge in [-0.05, 0) is 47.2 Å². The highest BCUT2D eigenvalue weighted by Gasteiger charge is 2.44. The Kier molecular flexibility index (Phi) is 12.6. The summed E-state index contributed by atoms with van der Waals surface area (Å²) < 4.78 is 0. The van der Waals surface area contributed by atoms with E-state index < -0.39 is 48.4 Å². The number of aromatic amines is 2. The molecule has 64 heavy (non-hydrogen) atoms. The number of urea groups is 2. The molecule has 0 aliphatic carbocycles. The molecule has 6 atom stereocenters. The number of aromatic nitrogens is 4. The average molecular weight is 865 g/mol. The summed E-state index contributed by atoms with van der Waals surface area (Å²) in [6, 6.07) is 29.6. The van der Waals surface area contributed by atoms with Crippen LogP contribution in [0.4, 0.5) is 9.59 Å². The third-order valence-electron chi connectivity index (χ3n) is 12.2. The third-order valence-corrected chi connectivity index (χ3v) is 12.2. The second-order valence-electron chi connectivity index (χ2n) is 16.2. The van der Waals surface area contributed by atoms with Crippen LogP contribution in [0.15, 0.2) is 122 Å². The van der Waals surface area contributed by atoms with Crippen LogP contribution >= 0.6 is 0 Å². The lowest BCUT2D eigenvalue weighted by Gasteiger charge is -2.34. The molecular weight excluding hydrogens is 813 g/mol. The first-order valence-electron chi connectivity index (χ1n) is 21.5. The molecule has 330 valence electrons. The van der Waals surface area contributed by atoms with Gasteiger partial charge in [-0.15, -0.1) is 0 Å². The summed E-state index contributed by atoms with van der Waals surface area (Å²) in [5, 5.41) is 21.5. The molecule has 2 aliphatic rings. The van der Waals surface area contributed by atoms with Crippen LogP contribution in [0.5, 0.6) is 0 Å². The number of imidazole rings is 2. The number of hydrogen-bond acceptors (Lipinski definition) is 8. The van der Waals surface area contributed by atoms with Gasteiger partial charge in [0.2, 0.25) is 0 Å². The summed E-state index contributed by atoms with van der Waals surface area (Å²) in [6.07, 6.45) is 2.45. The lowest BCUT2D eigenvalue weighted by Crippen LogP contribution is -2.47. The first-order chi connectivity index (χ1) is 30.9. The molecule has 16 heteroatoms. The van der Waals surface area contributed by atoms with Crippen LogP contribution in [-0.4, -0.2) is 112 Å². The molecular formula is C48H52N10O6. The molecule has 2 unspecified atom stereocenters. The molecule has 2 aromatic heterocycles. The normalized spacial score (nSPS) is 19.3. The van der Waals surface area contributed by atoms with Crippen molar-refractivity contribution in [2.75, 3.05) is 26.2 Å². The van der Waals surface area contributed by atoms with Crippen molar-refractivity contribution in [1.82, 2.24) is 39.5 Å². The number of benzene rings is 4. The Hall–Kier alpha value is -7.30. The number of H-pyrrole nitrogens is 2. The van der Waals surface area contributed by atoms with Crippen molar-refractivity contribution in [3.63, 3.8) is 0 Å². The molecule has 4 aromatic carbocycles. The topological polar surface area (TPSA) is 231 Å². The number of rotatable bonds is 13. The molecule has 2 aliphatic heterocycles. The van der Waals surface area contributed by atoms with E-state index in [0.29, 0.717) is 22.8 Å². The second-order valence-corrected chi connectivity index (χ2v) is 16.2. The molecule has 2 saturated heterocycles. The maximum atomic E-state index is 14.2. The van der Waals surface area contributed by atoms with Crippen LogP contribution in [0.2, 0.25) is 0 Å². The predicted molar refractivity (Wildman–Crippen MR) is 239 cm³/mol. The van der Waals surface area contributed by atoms with E-state index in [1.165, 1.54) is 9.80 Å². The lowest BCUT2D eigenvalue weighted by atomic mass is 10.0. The fraction of sp³-hybridized carbons (Fsp3) is 0.292. The number of nitrogens with one attached hydrogen (secondary N) is 2. The van der Waals surface area contributed by atoms with Gasteiger partial charge >= 0.3 is 12.1 Å². The number of nitrogens with two attached hydrogens (primary N) is 2. The van der Waals surface area contributed by atoms with Gasteiger partial charge in [0.1, 0.15) is 23.7 Å². The molecule has 0 saturated carbocycles. The maximum Gasteiger partial charge on any atom is 0.315 e. The number of primary amides is 2. The highest BCUT2D eigenvalue weighted by molar-refractivity contribution is 5.89. The summed E-state index contributed by atoms with van der Waals surface area (Å²) in [5.41, 5.74) is 17.9. The van der Waals surface area contributed by atoms with E-state index in [4.69, 9.17) is 11.5 Å². The van der Waals surface area contributed by atoms with E-state index in [1.807, 2.05) is 60.7 Å². The minimum atomic E-state index is -0.956. The van der Waals surface area contributed by atoms with Gasteiger partial charge < -0.3 is 51.2 Å². The van der Waals surface area contributed by atoms with Crippen LogP contribution < -0.4 is 11.5 Å². The number of amides is 6. The van der Waals surface area contributed by atoms with Crippen molar-refractivity contribution >= 4 is 23.9 Å². The standard InChI is InChI=1S/C48H52N10O6/c1-3-55(47(49)63)41(33-11-7-5-8-12-33)45(61)57-27-35(59)23-39(57)43-51-25-37(53-43)31-19-15-29(16-20-31)30-17-21-32(22-18-30)38-26-52-44(54-38)40-24-36(60)28-58(40)46(62)42(56(4-2)48(50)64)34-13-9-6-10-14-34/h5-22,25-26,35-36,39-42,59-60H,3-4,23-24,27-28H2,1-2H3,(H2,49,63)(H2,50,64)(H,51,53)(H,52,54)/t35-,36-,39?,40?,41-,42-/m1/s1. The van der Waals surface area contributed by atoms with E-state index in [1.54, 1.807) is 84.6 Å². The Balaban J connectivity index is 0.960. The minimum Gasteiger partial charge on any atom is -0.391 e. The van der Waals surface area contributed by atoms with Crippen molar-refractivity contribution in [3.05, 3.63) is 144 Å². The van der Waals surface area contributed by atoms with Gasteiger partial charge in [-0.2, -0.15) is 0 Å². The summed E-state index contributed by atoms with van der Waals surface area (Å²) >= 11 is 0. The predicted octanol–water partition coefficient (Wildman–Crippen LogP) is 5.69. The van der Waals surface area contributed by atoms with Gasteiger partial charge in [0.15, 0.2) is 0 Å². The summed E-state index contributed by atoms with van der Waals surface area (Å²) in [7, 11) is 0. The van der Waals surface area contributed by atoms with Crippen molar-refractivity contribution < 1.29 is 29.4 Å². The van der Waals surface area contributed by atoms with Gasteiger partial charge in [0.25, 0.3) is 11.8 Å². The molecule has 0 radical (unpaired) electrons. The SMILES string of the molecule is CCN(C(N)=O)[C@@H](C(=O)N1C[C@H](O)CC1c1ncc(-c2ccc(-c3ccc(-c4cnc(C5C[C@@H](O)CN5C(=O)[C@@H](c5ccccc5)N(CC)C(N)=O)[nH]4)cc3)cc2)[nH]1)c1ccccc1. The second kappa shape index (κ2) is 18.6. The van der Waals surface area contributed by atoms with Crippen LogP contribution in [0.3, 0.4) is 0 Å². The third kappa shape index (κ3) is 8.69. The Labute approximate surface area is 370 Å². The number of likely N-dealkylation sites (tertiary alicyclic amines) is 2. The minimum absolute atomic E-state index is 0.0891. The van der Waals surface area contributed by atoms with E-state index >= 15 is 0 Å². The molecule has 16 nitrogen and oxygen atoms in total. The quantitative estimate of drug-likeness (QED) is 0.0843. The number of likely N-dealkylation sites (N-methyl/N-ethyl adjacent to an activating group) is 2. The summed E-state index contributed by atoms with van der Waals surface area (Å²) in [5.74, 6) is 0.366. The average Bonchev–Trinajstić information content (AvgIpc) is 4.14. The van der Waals surface area contributed by atoms with Crippen molar-refractivity contribution in [2.24, 2.45) is 11.5 Å². The molecule has 4 heterocycles. The van der Waals surface area contributed by atoms with Crippen LogP contribution in [0.25, 0.3) is 33.6 Å². The lowest BCUT2D eigenvalue weighted by molar-refractivity contribution is -0.138. The van der Waals surface area contributed by atoms with Crippen LogP contribution in [0, 0.1) is 0 Å². The Bertz CT molecular complexity index is 2400. The Morgan fingerprint density at radius 3 is 1.27 bits per heavy atom. The highest BCUT2D eigenvalue weighted by atomic mass is 16.3. The van der Waals surface area contributed by atoms with Gasteiger partial charge in [-0.25, -0.2) is 19.6 Å². The molecule has 8 rings (SSSR count). The van der Waals surface area contributed by atoms with Gasteiger partial charge in [0, 0.05) is 39.0 Å².